The molecule has 106 valence electrons. The van der Waals surface area contributed by atoms with Crippen LogP contribution in [-0.4, -0.2) is 35.1 Å². The number of ether oxygens (including phenoxy) is 1. The molecule has 0 bridgehead atoms. The molecule has 0 saturated carbocycles. The highest BCUT2D eigenvalue weighted by molar-refractivity contribution is 7.09. The maximum Gasteiger partial charge on any atom is 0.257 e. The molecule has 0 saturated heterocycles. The number of carbonyl (C=O) groups is 1. The molecule has 0 atom stereocenters. The Bertz CT molecular complexity index is 625. The number of hydrogen-bond acceptors (Lipinski definition) is 5. The summed E-state index contributed by atoms with van der Waals surface area (Å²) in [5.41, 5.74) is 2.94. The molecule has 0 spiro atoms. The van der Waals surface area contributed by atoms with Crippen LogP contribution >= 0.6 is 11.3 Å². The highest BCUT2D eigenvalue weighted by atomic mass is 32.1. The Morgan fingerprint density at radius 2 is 2.25 bits per heavy atom. The maximum absolute atomic E-state index is 12.3. The third kappa shape index (κ3) is 2.91. The van der Waals surface area contributed by atoms with Gasteiger partial charge in [0.25, 0.3) is 5.91 Å². The van der Waals surface area contributed by atoms with E-state index >= 15 is 0 Å². The van der Waals surface area contributed by atoms with Crippen LogP contribution in [0, 0.1) is 6.92 Å². The van der Waals surface area contributed by atoms with Crippen molar-refractivity contribution in [3.63, 3.8) is 0 Å². The van der Waals surface area contributed by atoms with Crippen molar-refractivity contribution in [2.45, 2.75) is 13.5 Å². The van der Waals surface area contributed by atoms with E-state index in [1.807, 2.05) is 6.92 Å². The van der Waals surface area contributed by atoms with Crippen molar-refractivity contribution in [3.8, 4) is 11.5 Å². The fourth-order valence-corrected chi connectivity index (χ4v) is 2.62. The van der Waals surface area contributed by atoms with Crippen molar-refractivity contribution in [2.75, 3.05) is 14.2 Å². The lowest BCUT2D eigenvalue weighted by Gasteiger charge is -2.17. The Balaban J connectivity index is 2.16. The van der Waals surface area contributed by atoms with E-state index in [0.717, 1.165) is 10.6 Å². The number of thiazole rings is 1. The molecule has 0 fully saturated rings. The van der Waals surface area contributed by atoms with Crippen LogP contribution in [0.2, 0.25) is 0 Å². The second-order valence-electron chi connectivity index (χ2n) is 4.41. The fourth-order valence-electron chi connectivity index (χ4n) is 1.79. The number of hydrogen-bond donors (Lipinski definition) is 1. The summed E-state index contributed by atoms with van der Waals surface area (Å²) in [6.45, 7) is 2.38. The monoisotopic (exact) mass is 292 g/mol. The Hall–Kier alpha value is -2.08. The second kappa shape index (κ2) is 5.92. The van der Waals surface area contributed by atoms with E-state index in [4.69, 9.17) is 4.74 Å². The van der Waals surface area contributed by atoms with Crippen LogP contribution in [0.4, 0.5) is 0 Å². The van der Waals surface area contributed by atoms with E-state index in [-0.39, 0.29) is 17.2 Å². The van der Waals surface area contributed by atoms with Gasteiger partial charge < -0.3 is 14.7 Å². The van der Waals surface area contributed by atoms with Crippen LogP contribution in [-0.2, 0) is 6.54 Å². The van der Waals surface area contributed by atoms with Gasteiger partial charge in [-0.2, -0.15) is 0 Å². The average molecular weight is 292 g/mol. The number of aromatic nitrogens is 1. The standard InChI is InChI=1S/C14H16N2O3S/c1-9-13(20-8-15-9)7-16(2)14(18)11-5-4-10(19-3)6-12(11)17/h4-6,8,17H,7H2,1-3H3. The summed E-state index contributed by atoms with van der Waals surface area (Å²) in [5.74, 6) is 0.195. The van der Waals surface area contributed by atoms with Crippen LogP contribution in [0.25, 0.3) is 0 Å². The van der Waals surface area contributed by atoms with Gasteiger partial charge in [-0.25, -0.2) is 4.98 Å². The smallest absolute Gasteiger partial charge is 0.257 e. The third-order valence-corrected chi connectivity index (χ3v) is 3.93. The van der Waals surface area contributed by atoms with Crippen molar-refractivity contribution < 1.29 is 14.6 Å². The molecule has 1 amide bonds. The first kappa shape index (κ1) is 14.3. The molecule has 6 heteroatoms. The zero-order valence-electron chi connectivity index (χ0n) is 11.6. The molecule has 1 aromatic carbocycles. The van der Waals surface area contributed by atoms with Crippen LogP contribution in [0.15, 0.2) is 23.7 Å². The van der Waals surface area contributed by atoms with Crippen molar-refractivity contribution in [1.82, 2.24) is 9.88 Å². The minimum atomic E-state index is -0.238. The quantitative estimate of drug-likeness (QED) is 0.940. The van der Waals surface area contributed by atoms with Crippen LogP contribution in [0.3, 0.4) is 0 Å². The number of nitrogens with zero attached hydrogens (tertiary/aromatic N) is 2. The number of phenols is 1. The topological polar surface area (TPSA) is 62.7 Å². The Morgan fingerprint density at radius 1 is 1.50 bits per heavy atom. The molecule has 1 aromatic heterocycles. The summed E-state index contributed by atoms with van der Waals surface area (Å²) >= 11 is 1.51. The van der Waals surface area contributed by atoms with Gasteiger partial charge in [0.15, 0.2) is 0 Å². The molecular weight excluding hydrogens is 276 g/mol. The van der Waals surface area contributed by atoms with Gasteiger partial charge >= 0.3 is 0 Å². The summed E-state index contributed by atoms with van der Waals surface area (Å²) in [6.07, 6.45) is 0. The van der Waals surface area contributed by atoms with Crippen LogP contribution in [0.5, 0.6) is 11.5 Å². The van der Waals surface area contributed by atoms with Gasteiger partial charge in [0.1, 0.15) is 11.5 Å². The predicted molar refractivity (Wildman–Crippen MR) is 77.3 cm³/mol. The lowest BCUT2D eigenvalue weighted by molar-refractivity contribution is 0.0783. The van der Waals surface area contributed by atoms with E-state index in [1.54, 1.807) is 29.6 Å². The molecule has 0 aliphatic rings. The first-order chi connectivity index (χ1) is 9.52. The molecule has 5 nitrogen and oxygen atoms in total. The lowest BCUT2D eigenvalue weighted by atomic mass is 10.1. The van der Waals surface area contributed by atoms with Gasteiger partial charge in [-0.15, -0.1) is 11.3 Å². The Morgan fingerprint density at radius 3 is 2.80 bits per heavy atom. The molecule has 1 heterocycles. The maximum atomic E-state index is 12.3. The first-order valence-corrected chi connectivity index (χ1v) is 6.92. The lowest BCUT2D eigenvalue weighted by Crippen LogP contribution is -2.26. The summed E-state index contributed by atoms with van der Waals surface area (Å²) in [6, 6.07) is 4.64. The molecule has 2 aromatic rings. The van der Waals surface area contributed by atoms with Gasteiger partial charge in [-0.1, -0.05) is 0 Å². The number of methoxy groups -OCH3 is 1. The number of aromatic hydroxyl groups is 1. The van der Waals surface area contributed by atoms with Crippen LogP contribution < -0.4 is 4.74 Å². The normalized spacial score (nSPS) is 10.3. The van der Waals surface area contributed by atoms with Gasteiger partial charge in [0, 0.05) is 18.0 Å². The largest absolute Gasteiger partial charge is 0.507 e. The minimum absolute atomic E-state index is 0.0813. The molecule has 20 heavy (non-hydrogen) atoms. The van der Waals surface area contributed by atoms with Crippen molar-refractivity contribution in [1.29, 1.82) is 0 Å². The van der Waals surface area contributed by atoms with E-state index in [1.165, 1.54) is 24.5 Å². The van der Waals surface area contributed by atoms with E-state index in [2.05, 4.69) is 4.98 Å². The zero-order chi connectivity index (χ0) is 14.7. The molecule has 0 radical (unpaired) electrons. The Kier molecular flexibility index (Phi) is 4.24. The van der Waals surface area contributed by atoms with Gasteiger partial charge in [-0.05, 0) is 19.1 Å². The summed E-state index contributed by atoms with van der Waals surface area (Å²) in [4.78, 5) is 19.1. The van der Waals surface area contributed by atoms with Crippen molar-refractivity contribution >= 4 is 17.2 Å². The summed E-state index contributed by atoms with van der Waals surface area (Å²) < 4.78 is 5.00. The van der Waals surface area contributed by atoms with Crippen LogP contribution in [0.1, 0.15) is 20.9 Å². The highest BCUT2D eigenvalue weighted by Gasteiger charge is 2.17. The molecule has 1 N–H and O–H groups in total. The number of phenolic OH excluding ortho intramolecular Hbond substituents is 1. The first-order valence-electron chi connectivity index (χ1n) is 6.04. The predicted octanol–water partition coefficient (Wildman–Crippen LogP) is 2.44. The minimum Gasteiger partial charge on any atom is -0.507 e. The zero-order valence-corrected chi connectivity index (χ0v) is 12.4. The number of amides is 1. The number of rotatable bonds is 4. The van der Waals surface area contributed by atoms with Gasteiger partial charge in [0.2, 0.25) is 0 Å². The molecule has 0 aliphatic carbocycles. The van der Waals surface area contributed by atoms with E-state index in [0.29, 0.717) is 12.3 Å². The average Bonchev–Trinajstić information content (AvgIpc) is 2.83. The molecule has 0 aliphatic heterocycles. The summed E-state index contributed by atoms with van der Waals surface area (Å²) in [7, 11) is 3.21. The molecule has 0 unspecified atom stereocenters. The highest BCUT2D eigenvalue weighted by Crippen LogP contribution is 2.25. The SMILES string of the molecule is COc1ccc(C(=O)N(C)Cc2scnc2C)c(O)c1. The van der Waals surface area contributed by atoms with Gasteiger partial charge in [0.05, 0.1) is 30.4 Å². The van der Waals surface area contributed by atoms with E-state index < -0.39 is 0 Å². The number of aryl methyl sites for hydroxylation is 1. The van der Waals surface area contributed by atoms with Gasteiger partial charge in [-0.3, -0.25) is 4.79 Å². The molecule has 2 rings (SSSR count). The van der Waals surface area contributed by atoms with Crippen molar-refractivity contribution in [3.05, 3.63) is 39.8 Å². The summed E-state index contributed by atoms with van der Waals surface area (Å²) in [5, 5.41) is 9.89. The number of benzene rings is 1. The Labute approximate surface area is 121 Å². The number of carbonyl (C=O) groups excluding carboxylic acids is 1. The fraction of sp³-hybridized carbons (Fsp3) is 0.286. The second-order valence-corrected chi connectivity index (χ2v) is 5.34. The van der Waals surface area contributed by atoms with E-state index in [9.17, 15) is 9.90 Å². The van der Waals surface area contributed by atoms with Crippen molar-refractivity contribution in [2.24, 2.45) is 0 Å². The third-order valence-electron chi connectivity index (χ3n) is 3.01. The molecular formula is C14H16N2O3S.